The van der Waals surface area contributed by atoms with Gasteiger partial charge in [0.05, 0.1) is 10.0 Å². The summed E-state index contributed by atoms with van der Waals surface area (Å²) in [6.07, 6.45) is 0. The molecule has 1 aromatic heterocycles. The predicted octanol–water partition coefficient (Wildman–Crippen LogP) is 4.03. The third-order valence-corrected chi connectivity index (χ3v) is 5.87. The van der Waals surface area contributed by atoms with Gasteiger partial charge in [0, 0.05) is 55.9 Å². The van der Waals surface area contributed by atoms with Crippen LogP contribution in [-0.4, -0.2) is 55.1 Å². The van der Waals surface area contributed by atoms with E-state index in [0.717, 1.165) is 49.3 Å². The van der Waals surface area contributed by atoms with Crippen molar-refractivity contribution in [2.24, 2.45) is 0 Å². The Morgan fingerprint density at radius 3 is 2.54 bits per heavy atom. The van der Waals surface area contributed by atoms with Gasteiger partial charge >= 0.3 is 0 Å². The number of hydrogen-bond acceptors (Lipinski definition) is 3. The molecule has 1 fully saturated rings. The second-order valence-corrected chi connectivity index (χ2v) is 7.77. The zero-order valence-corrected chi connectivity index (χ0v) is 16.9. The van der Waals surface area contributed by atoms with E-state index in [9.17, 15) is 4.79 Å². The van der Waals surface area contributed by atoms with Gasteiger partial charge < -0.3 is 15.2 Å². The lowest BCUT2D eigenvalue weighted by molar-refractivity contribution is 0.0943. The molecular formula is C21H22Cl2N4O. The number of hydrogen-bond donors (Lipinski definition) is 2. The lowest BCUT2D eigenvalue weighted by Crippen LogP contribution is -2.48. The van der Waals surface area contributed by atoms with E-state index < -0.39 is 0 Å². The average molecular weight is 417 g/mol. The molecule has 0 saturated carbocycles. The normalized spacial score (nSPS) is 15.1. The smallest absolute Gasteiger partial charge is 0.267 e. The number of amides is 1. The zero-order valence-electron chi connectivity index (χ0n) is 15.4. The SMILES string of the molecule is O=C(NCCN1CCN(c2ccc(Cl)c(Cl)c2)CC1)c1cc2ccccc2[nH]1. The lowest BCUT2D eigenvalue weighted by Gasteiger charge is -2.36. The highest BCUT2D eigenvalue weighted by molar-refractivity contribution is 6.42. The molecule has 2 aromatic carbocycles. The number of carbonyl (C=O) groups excluding carboxylic acids is 1. The quantitative estimate of drug-likeness (QED) is 0.659. The van der Waals surface area contributed by atoms with Gasteiger partial charge in [0.25, 0.3) is 5.91 Å². The molecule has 0 aliphatic carbocycles. The van der Waals surface area contributed by atoms with Crippen LogP contribution in [0.15, 0.2) is 48.5 Å². The zero-order chi connectivity index (χ0) is 19.5. The third kappa shape index (κ3) is 4.27. The van der Waals surface area contributed by atoms with Crippen molar-refractivity contribution in [2.75, 3.05) is 44.2 Å². The monoisotopic (exact) mass is 416 g/mol. The summed E-state index contributed by atoms with van der Waals surface area (Å²) >= 11 is 12.1. The van der Waals surface area contributed by atoms with Crippen LogP contribution in [0.5, 0.6) is 0 Å². The fourth-order valence-corrected chi connectivity index (χ4v) is 3.82. The molecule has 2 N–H and O–H groups in total. The summed E-state index contributed by atoms with van der Waals surface area (Å²) < 4.78 is 0. The Balaban J connectivity index is 1.24. The highest BCUT2D eigenvalue weighted by Gasteiger charge is 2.18. The van der Waals surface area contributed by atoms with Crippen LogP contribution in [0.25, 0.3) is 10.9 Å². The molecule has 3 aromatic rings. The Morgan fingerprint density at radius 2 is 1.79 bits per heavy atom. The number of nitrogens with one attached hydrogen (secondary N) is 2. The summed E-state index contributed by atoms with van der Waals surface area (Å²) in [5, 5.41) is 5.22. The summed E-state index contributed by atoms with van der Waals surface area (Å²) in [6, 6.07) is 15.5. The minimum atomic E-state index is -0.0642. The molecule has 146 valence electrons. The number of aromatic amines is 1. The number of para-hydroxylation sites is 1. The van der Waals surface area contributed by atoms with Crippen LogP contribution in [-0.2, 0) is 0 Å². The van der Waals surface area contributed by atoms with E-state index >= 15 is 0 Å². The summed E-state index contributed by atoms with van der Waals surface area (Å²) in [4.78, 5) is 20.2. The van der Waals surface area contributed by atoms with Gasteiger partial charge in [0.2, 0.25) is 0 Å². The van der Waals surface area contributed by atoms with Gasteiger partial charge in [-0.25, -0.2) is 0 Å². The van der Waals surface area contributed by atoms with E-state index in [-0.39, 0.29) is 5.91 Å². The third-order valence-electron chi connectivity index (χ3n) is 5.13. The minimum Gasteiger partial charge on any atom is -0.369 e. The van der Waals surface area contributed by atoms with Crippen molar-refractivity contribution < 1.29 is 4.79 Å². The molecule has 7 heteroatoms. The topological polar surface area (TPSA) is 51.4 Å². The lowest BCUT2D eigenvalue weighted by atomic mass is 10.2. The van der Waals surface area contributed by atoms with E-state index in [1.807, 2.05) is 48.5 Å². The molecule has 0 atom stereocenters. The van der Waals surface area contributed by atoms with Crippen LogP contribution < -0.4 is 10.2 Å². The minimum absolute atomic E-state index is 0.0642. The van der Waals surface area contributed by atoms with E-state index in [1.54, 1.807) is 0 Å². The molecule has 5 nitrogen and oxygen atoms in total. The van der Waals surface area contributed by atoms with Crippen molar-refractivity contribution in [3.8, 4) is 0 Å². The van der Waals surface area contributed by atoms with Crippen molar-refractivity contribution in [3.05, 3.63) is 64.3 Å². The molecule has 1 aliphatic heterocycles. The maximum atomic E-state index is 12.4. The van der Waals surface area contributed by atoms with Gasteiger partial charge in [-0.1, -0.05) is 41.4 Å². The molecule has 2 heterocycles. The van der Waals surface area contributed by atoms with Gasteiger partial charge in [-0.2, -0.15) is 0 Å². The number of rotatable bonds is 5. The van der Waals surface area contributed by atoms with E-state index in [0.29, 0.717) is 22.3 Å². The van der Waals surface area contributed by atoms with Gasteiger partial charge in [-0.15, -0.1) is 0 Å². The van der Waals surface area contributed by atoms with Crippen LogP contribution in [0.4, 0.5) is 5.69 Å². The summed E-state index contributed by atoms with van der Waals surface area (Å²) in [5.41, 5.74) is 2.68. The first-order valence-electron chi connectivity index (χ1n) is 9.38. The largest absolute Gasteiger partial charge is 0.369 e. The van der Waals surface area contributed by atoms with Crippen molar-refractivity contribution in [1.29, 1.82) is 0 Å². The molecule has 0 spiro atoms. The molecule has 1 aliphatic rings. The first-order chi connectivity index (χ1) is 13.6. The number of benzene rings is 2. The van der Waals surface area contributed by atoms with E-state index in [2.05, 4.69) is 20.1 Å². The van der Waals surface area contributed by atoms with Crippen LogP contribution in [0.2, 0.25) is 10.0 Å². The molecule has 1 amide bonds. The maximum absolute atomic E-state index is 12.4. The Morgan fingerprint density at radius 1 is 1.00 bits per heavy atom. The summed E-state index contributed by atoms with van der Waals surface area (Å²) in [7, 11) is 0. The highest BCUT2D eigenvalue weighted by atomic mass is 35.5. The Hall–Kier alpha value is -2.21. The van der Waals surface area contributed by atoms with Crippen LogP contribution in [0, 0.1) is 0 Å². The van der Waals surface area contributed by atoms with Crippen LogP contribution >= 0.6 is 23.2 Å². The number of piperazine rings is 1. The van der Waals surface area contributed by atoms with Gasteiger partial charge in [0.15, 0.2) is 0 Å². The van der Waals surface area contributed by atoms with Crippen molar-refractivity contribution in [2.45, 2.75) is 0 Å². The number of anilines is 1. The maximum Gasteiger partial charge on any atom is 0.267 e. The highest BCUT2D eigenvalue weighted by Crippen LogP contribution is 2.27. The molecule has 4 rings (SSSR count). The van der Waals surface area contributed by atoms with E-state index in [4.69, 9.17) is 23.2 Å². The number of fused-ring (bicyclic) bond motifs is 1. The van der Waals surface area contributed by atoms with Crippen molar-refractivity contribution >= 4 is 45.7 Å². The van der Waals surface area contributed by atoms with Crippen LogP contribution in [0.3, 0.4) is 0 Å². The second-order valence-electron chi connectivity index (χ2n) is 6.95. The van der Waals surface area contributed by atoms with Gasteiger partial charge in [-0.3, -0.25) is 9.69 Å². The molecule has 0 unspecified atom stereocenters. The second kappa shape index (κ2) is 8.43. The number of carbonyl (C=O) groups is 1. The Labute approximate surface area is 174 Å². The Bertz CT molecular complexity index is 946. The van der Waals surface area contributed by atoms with Crippen molar-refractivity contribution in [1.82, 2.24) is 15.2 Å². The molecule has 0 radical (unpaired) electrons. The Kier molecular flexibility index (Phi) is 5.76. The number of nitrogens with zero attached hydrogens (tertiary/aromatic N) is 2. The van der Waals surface area contributed by atoms with Crippen LogP contribution in [0.1, 0.15) is 10.5 Å². The number of aromatic nitrogens is 1. The molecule has 0 bridgehead atoms. The van der Waals surface area contributed by atoms with E-state index in [1.165, 1.54) is 0 Å². The molecule has 1 saturated heterocycles. The number of halogens is 2. The fraction of sp³-hybridized carbons (Fsp3) is 0.286. The average Bonchev–Trinajstić information content (AvgIpc) is 3.15. The van der Waals surface area contributed by atoms with Gasteiger partial charge in [0.1, 0.15) is 5.69 Å². The van der Waals surface area contributed by atoms with Gasteiger partial charge in [-0.05, 0) is 30.3 Å². The first kappa shape index (κ1) is 19.1. The molecule has 28 heavy (non-hydrogen) atoms. The van der Waals surface area contributed by atoms with Crippen molar-refractivity contribution in [3.63, 3.8) is 0 Å². The fourth-order valence-electron chi connectivity index (χ4n) is 3.53. The number of H-pyrrole nitrogens is 1. The molecular weight excluding hydrogens is 395 g/mol. The predicted molar refractivity (Wildman–Crippen MR) is 116 cm³/mol. The first-order valence-corrected chi connectivity index (χ1v) is 10.1. The summed E-state index contributed by atoms with van der Waals surface area (Å²) in [6.45, 7) is 5.20. The summed E-state index contributed by atoms with van der Waals surface area (Å²) in [5.74, 6) is -0.0642. The standard InChI is InChI=1S/C21H22Cl2N4O/c22-17-6-5-16(14-18(17)23)27-11-9-26(10-12-27)8-7-24-21(28)20-13-15-3-1-2-4-19(15)25-20/h1-6,13-14,25H,7-12H2,(H,24,28).